The molecule has 0 atom stereocenters. The minimum absolute atomic E-state index is 0.0610. The van der Waals surface area contributed by atoms with E-state index in [4.69, 9.17) is 61.3 Å². The Kier molecular flexibility index (Phi) is 32.3. The van der Waals surface area contributed by atoms with Crippen LogP contribution in [0.5, 0.6) is 0 Å². The van der Waals surface area contributed by atoms with Crippen molar-refractivity contribution in [2.75, 3.05) is 172 Å². The van der Waals surface area contributed by atoms with E-state index >= 15 is 0 Å². The summed E-state index contributed by atoms with van der Waals surface area (Å²) >= 11 is 0. The Hall–Kier alpha value is -1.93. The maximum absolute atomic E-state index is 11.9. The molecule has 0 aliphatic carbocycles. The lowest BCUT2D eigenvalue weighted by atomic mass is 10.2. The van der Waals surface area contributed by atoms with Gasteiger partial charge >= 0.3 is 0 Å². The quantitative estimate of drug-likeness (QED) is 0.0717. The first kappa shape index (κ1) is 51.2. The molecule has 328 valence electrons. The summed E-state index contributed by atoms with van der Waals surface area (Å²) in [6.45, 7) is 18.1. The van der Waals surface area contributed by atoms with E-state index in [1.165, 1.54) is 10.4 Å². The third kappa shape index (κ3) is 25.3. The standard InChI is InChI=1S/C42H71FO13Si/c1-42(2,3)57(40-10-6-4-7-11-40,41-12-8-5-9-13-41)56-39-38-55-37-36-54-35-34-53-33-32-52-31-30-51-29-28-50-27-26-49-25-24-48-23-22-47-21-20-46-19-18-45-17-16-44-15-14-43/h4-13H,14-39H2,1-3H3. The molecule has 13 nitrogen and oxygen atoms in total. The van der Waals surface area contributed by atoms with Gasteiger partial charge in [0, 0.05) is 0 Å². The smallest absolute Gasteiger partial charge is 0.261 e. The third-order valence-corrected chi connectivity index (χ3v) is 13.3. The second-order valence-corrected chi connectivity index (χ2v) is 17.9. The number of halogens is 1. The molecule has 0 aromatic heterocycles. The Bertz CT molecular complexity index is 1090. The molecule has 0 unspecified atom stereocenters. The number of alkyl halides is 1. The fraction of sp³-hybridized carbons (Fsp3) is 0.714. The van der Waals surface area contributed by atoms with E-state index in [1.807, 2.05) is 0 Å². The van der Waals surface area contributed by atoms with Crippen molar-refractivity contribution in [3.05, 3.63) is 60.7 Å². The van der Waals surface area contributed by atoms with Crippen LogP contribution in [-0.4, -0.2) is 180 Å². The summed E-state index contributed by atoms with van der Waals surface area (Å²) in [5.41, 5.74) is 0. The monoisotopic (exact) mass is 830 g/mol. The highest BCUT2D eigenvalue weighted by molar-refractivity contribution is 6.99. The molecular weight excluding hydrogens is 760 g/mol. The molecule has 0 N–H and O–H groups in total. The molecular formula is C42H71FO13Si. The fourth-order valence-electron chi connectivity index (χ4n) is 5.59. The Morgan fingerprint density at radius 3 is 0.754 bits per heavy atom. The van der Waals surface area contributed by atoms with Crippen LogP contribution in [0.3, 0.4) is 0 Å². The number of hydrogen-bond donors (Lipinski definition) is 0. The lowest BCUT2D eigenvalue weighted by Gasteiger charge is -2.43. The Balaban J connectivity index is 1.27. The van der Waals surface area contributed by atoms with Gasteiger partial charge in [-0.2, -0.15) is 0 Å². The molecule has 0 bridgehead atoms. The van der Waals surface area contributed by atoms with Gasteiger partial charge in [-0.25, -0.2) is 4.39 Å². The van der Waals surface area contributed by atoms with Crippen LogP contribution in [0.25, 0.3) is 0 Å². The molecule has 2 aromatic carbocycles. The SMILES string of the molecule is CC(C)(C)[Si](OCCOCCOCCOCCOCCOCCOCCOCCOCCOCCOCCOCCOCCF)(c1ccccc1)c1ccccc1. The van der Waals surface area contributed by atoms with E-state index in [9.17, 15) is 4.39 Å². The Morgan fingerprint density at radius 2 is 0.544 bits per heavy atom. The average Bonchev–Trinajstić information content (AvgIpc) is 3.22. The van der Waals surface area contributed by atoms with Gasteiger partial charge in [-0.3, -0.25) is 0 Å². The van der Waals surface area contributed by atoms with Crippen molar-refractivity contribution in [3.8, 4) is 0 Å². The first-order valence-corrected chi connectivity index (χ1v) is 22.2. The highest BCUT2D eigenvalue weighted by Crippen LogP contribution is 2.36. The van der Waals surface area contributed by atoms with Gasteiger partial charge in [-0.05, 0) is 15.4 Å². The number of hydrogen-bond acceptors (Lipinski definition) is 13. The van der Waals surface area contributed by atoms with Gasteiger partial charge < -0.3 is 61.3 Å². The first-order valence-electron chi connectivity index (χ1n) is 20.3. The van der Waals surface area contributed by atoms with Crippen molar-refractivity contribution >= 4 is 18.7 Å². The zero-order chi connectivity index (χ0) is 40.8. The molecule has 0 spiro atoms. The molecule has 2 aromatic rings. The molecule has 15 heteroatoms. The van der Waals surface area contributed by atoms with Gasteiger partial charge in [0.1, 0.15) is 6.67 Å². The summed E-state index contributed by atoms with van der Waals surface area (Å²) in [5, 5.41) is 2.47. The van der Waals surface area contributed by atoms with Crippen molar-refractivity contribution in [1.82, 2.24) is 0 Å². The summed E-state index contributed by atoms with van der Waals surface area (Å²) < 4.78 is 84.5. The largest absolute Gasteiger partial charge is 0.405 e. The molecule has 0 radical (unpaired) electrons. The Morgan fingerprint density at radius 1 is 0.333 bits per heavy atom. The van der Waals surface area contributed by atoms with Crippen molar-refractivity contribution in [2.45, 2.75) is 25.8 Å². The molecule has 57 heavy (non-hydrogen) atoms. The van der Waals surface area contributed by atoms with Gasteiger partial charge in [-0.1, -0.05) is 81.4 Å². The summed E-state index contributed by atoms with van der Waals surface area (Å²) in [5.74, 6) is 0. The highest BCUT2D eigenvalue weighted by atomic mass is 28.4. The molecule has 2 rings (SSSR count). The summed E-state index contributed by atoms with van der Waals surface area (Å²) in [7, 11) is -2.54. The van der Waals surface area contributed by atoms with Gasteiger partial charge in [0.25, 0.3) is 8.32 Å². The minimum Gasteiger partial charge on any atom is -0.405 e. The van der Waals surface area contributed by atoms with Crippen LogP contribution in [0.4, 0.5) is 4.39 Å². The van der Waals surface area contributed by atoms with Crippen LogP contribution < -0.4 is 10.4 Å². The van der Waals surface area contributed by atoms with Gasteiger partial charge in [0.15, 0.2) is 0 Å². The number of benzene rings is 2. The van der Waals surface area contributed by atoms with Crippen molar-refractivity contribution < 1.29 is 65.7 Å². The van der Waals surface area contributed by atoms with Crippen LogP contribution in [0.2, 0.25) is 5.04 Å². The minimum atomic E-state index is -2.54. The molecule has 0 aliphatic rings. The third-order valence-electron chi connectivity index (χ3n) is 8.28. The van der Waals surface area contributed by atoms with Gasteiger partial charge in [-0.15, -0.1) is 0 Å². The Labute approximate surface area is 342 Å². The number of ether oxygens (including phenoxy) is 12. The van der Waals surface area contributed by atoms with E-state index in [0.717, 1.165) is 0 Å². The first-order chi connectivity index (χ1) is 28.0. The zero-order valence-electron chi connectivity index (χ0n) is 34.8. The molecule has 0 amide bonds. The lowest BCUT2D eigenvalue weighted by molar-refractivity contribution is -0.0286. The maximum atomic E-state index is 11.9. The maximum Gasteiger partial charge on any atom is 0.261 e. The summed E-state index contributed by atoms with van der Waals surface area (Å²) in [6.07, 6.45) is 0. The normalized spacial score (nSPS) is 12.1. The van der Waals surface area contributed by atoms with Crippen LogP contribution in [0, 0.1) is 0 Å². The van der Waals surface area contributed by atoms with Crippen molar-refractivity contribution in [2.24, 2.45) is 0 Å². The van der Waals surface area contributed by atoms with Crippen LogP contribution in [-0.2, 0) is 61.3 Å². The predicted molar refractivity (Wildman–Crippen MR) is 219 cm³/mol. The predicted octanol–water partition coefficient (Wildman–Crippen LogP) is 3.73. The van der Waals surface area contributed by atoms with E-state index in [1.54, 1.807) is 0 Å². The summed E-state index contributed by atoms with van der Waals surface area (Å²) in [6, 6.07) is 21.3. The molecule has 0 fully saturated rings. The van der Waals surface area contributed by atoms with E-state index < -0.39 is 15.0 Å². The zero-order valence-corrected chi connectivity index (χ0v) is 35.8. The van der Waals surface area contributed by atoms with Crippen molar-refractivity contribution in [3.63, 3.8) is 0 Å². The van der Waals surface area contributed by atoms with Crippen LogP contribution >= 0.6 is 0 Å². The topological polar surface area (TPSA) is 120 Å². The van der Waals surface area contributed by atoms with Crippen LogP contribution in [0.15, 0.2) is 60.7 Å². The second-order valence-electron chi connectivity index (χ2n) is 13.5. The van der Waals surface area contributed by atoms with E-state index in [2.05, 4.69) is 81.4 Å². The highest BCUT2D eigenvalue weighted by Gasteiger charge is 2.50. The van der Waals surface area contributed by atoms with Crippen molar-refractivity contribution in [1.29, 1.82) is 0 Å². The number of rotatable bonds is 41. The van der Waals surface area contributed by atoms with E-state index in [0.29, 0.717) is 159 Å². The lowest BCUT2D eigenvalue weighted by Crippen LogP contribution is -2.66. The van der Waals surface area contributed by atoms with Gasteiger partial charge in [0.05, 0.1) is 165 Å². The van der Waals surface area contributed by atoms with Crippen LogP contribution in [0.1, 0.15) is 20.8 Å². The molecule has 0 heterocycles. The summed E-state index contributed by atoms with van der Waals surface area (Å²) in [4.78, 5) is 0. The molecule has 0 aliphatic heterocycles. The fourth-order valence-corrected chi connectivity index (χ4v) is 10.1. The van der Waals surface area contributed by atoms with E-state index in [-0.39, 0.29) is 11.6 Å². The molecule has 0 saturated carbocycles. The van der Waals surface area contributed by atoms with Gasteiger partial charge in [0.2, 0.25) is 0 Å². The average molecular weight is 831 g/mol. The second kappa shape index (κ2) is 36.0. The molecule has 0 saturated heterocycles.